The minimum atomic E-state index is -3.55. The highest BCUT2D eigenvalue weighted by atomic mass is 32.2. The van der Waals surface area contributed by atoms with E-state index in [1.165, 1.54) is 10.4 Å². The zero-order valence-corrected chi connectivity index (χ0v) is 19.5. The first kappa shape index (κ1) is 24.0. The fourth-order valence-corrected chi connectivity index (χ4v) is 4.89. The summed E-state index contributed by atoms with van der Waals surface area (Å²) in [5.74, 6) is 0.135. The van der Waals surface area contributed by atoms with E-state index in [9.17, 15) is 17.6 Å². The summed E-state index contributed by atoms with van der Waals surface area (Å²) in [5.41, 5.74) is 1.90. The number of carbonyl (C=O) groups is 1. The van der Waals surface area contributed by atoms with Crippen LogP contribution in [0.2, 0.25) is 0 Å². The highest BCUT2D eigenvalue weighted by molar-refractivity contribution is 7.89. The normalized spacial score (nSPS) is 14.8. The Balaban J connectivity index is 1.26. The highest BCUT2D eigenvalue weighted by Crippen LogP contribution is 2.20. The van der Waals surface area contributed by atoms with Gasteiger partial charge >= 0.3 is 0 Å². The van der Waals surface area contributed by atoms with Crippen LogP contribution in [0.1, 0.15) is 23.4 Å². The lowest BCUT2D eigenvalue weighted by atomic mass is 10.1. The Hall–Kier alpha value is -3.15. The molecule has 180 valence electrons. The van der Waals surface area contributed by atoms with Gasteiger partial charge in [-0.05, 0) is 48.4 Å². The second-order valence-electron chi connectivity index (χ2n) is 7.91. The zero-order chi connectivity index (χ0) is 24.1. The van der Waals surface area contributed by atoms with Gasteiger partial charge in [0.1, 0.15) is 5.82 Å². The van der Waals surface area contributed by atoms with E-state index in [2.05, 4.69) is 15.5 Å². The fraction of sp³-hybridized carbons (Fsp3) is 0.348. The molecule has 1 N–H and O–H groups in total. The van der Waals surface area contributed by atoms with E-state index < -0.39 is 10.0 Å². The maximum Gasteiger partial charge on any atom is 0.243 e. The lowest BCUT2D eigenvalue weighted by Gasteiger charge is -2.26. The molecule has 2 heterocycles. The number of halogens is 1. The number of morpholine rings is 1. The van der Waals surface area contributed by atoms with Crippen LogP contribution in [0.3, 0.4) is 0 Å². The van der Waals surface area contributed by atoms with Crippen LogP contribution in [0, 0.1) is 12.7 Å². The predicted octanol–water partition coefficient (Wildman–Crippen LogP) is 2.45. The lowest BCUT2D eigenvalue weighted by Crippen LogP contribution is -2.40. The molecule has 1 amide bonds. The zero-order valence-electron chi connectivity index (χ0n) is 18.7. The molecule has 3 aromatic rings. The molecule has 34 heavy (non-hydrogen) atoms. The van der Waals surface area contributed by atoms with Crippen molar-refractivity contribution in [1.29, 1.82) is 0 Å². The van der Waals surface area contributed by atoms with Crippen molar-refractivity contribution in [3.8, 4) is 11.4 Å². The van der Waals surface area contributed by atoms with Gasteiger partial charge in [0.2, 0.25) is 27.6 Å². The van der Waals surface area contributed by atoms with Crippen molar-refractivity contribution in [3.63, 3.8) is 0 Å². The molecule has 0 atom stereocenters. The summed E-state index contributed by atoms with van der Waals surface area (Å²) < 4.78 is 50.6. The summed E-state index contributed by atoms with van der Waals surface area (Å²) in [5, 5.41) is 6.69. The number of carbonyl (C=O) groups excluding carboxylic acids is 1. The van der Waals surface area contributed by atoms with E-state index in [0.717, 1.165) is 5.56 Å². The van der Waals surface area contributed by atoms with Crippen molar-refractivity contribution in [2.24, 2.45) is 0 Å². The van der Waals surface area contributed by atoms with Gasteiger partial charge in [0.25, 0.3) is 0 Å². The van der Waals surface area contributed by atoms with Gasteiger partial charge in [-0.3, -0.25) is 4.79 Å². The van der Waals surface area contributed by atoms with Gasteiger partial charge in [-0.1, -0.05) is 17.3 Å². The van der Waals surface area contributed by atoms with Crippen LogP contribution in [-0.2, 0) is 32.5 Å². The van der Waals surface area contributed by atoms with Gasteiger partial charge in [-0.2, -0.15) is 9.29 Å². The Labute approximate surface area is 197 Å². The van der Waals surface area contributed by atoms with E-state index in [4.69, 9.17) is 9.26 Å². The number of benzene rings is 2. The van der Waals surface area contributed by atoms with Gasteiger partial charge in [0.15, 0.2) is 0 Å². The maximum atomic E-state index is 13.4. The highest BCUT2D eigenvalue weighted by Gasteiger charge is 2.26. The van der Waals surface area contributed by atoms with Crippen LogP contribution in [0.5, 0.6) is 0 Å². The number of sulfonamides is 1. The van der Waals surface area contributed by atoms with Crippen molar-refractivity contribution in [2.75, 3.05) is 26.3 Å². The summed E-state index contributed by atoms with van der Waals surface area (Å²) in [4.78, 5) is 16.7. The van der Waals surface area contributed by atoms with Gasteiger partial charge in [0.05, 0.1) is 18.1 Å². The molecule has 0 bridgehead atoms. The molecule has 1 saturated heterocycles. The Bertz CT molecular complexity index is 1250. The third-order valence-electron chi connectivity index (χ3n) is 5.47. The first-order chi connectivity index (χ1) is 16.3. The van der Waals surface area contributed by atoms with Crippen LogP contribution in [0.4, 0.5) is 4.39 Å². The number of hydrogen-bond acceptors (Lipinski definition) is 7. The maximum absolute atomic E-state index is 13.4. The third-order valence-corrected chi connectivity index (χ3v) is 7.38. The van der Waals surface area contributed by atoms with Gasteiger partial charge in [-0.15, -0.1) is 0 Å². The van der Waals surface area contributed by atoms with Crippen molar-refractivity contribution in [3.05, 3.63) is 65.3 Å². The molecule has 1 fully saturated rings. The third kappa shape index (κ3) is 5.66. The average Bonchev–Trinajstić information content (AvgIpc) is 3.33. The monoisotopic (exact) mass is 488 g/mol. The first-order valence-corrected chi connectivity index (χ1v) is 12.3. The van der Waals surface area contributed by atoms with Crippen LogP contribution >= 0.6 is 0 Å². The van der Waals surface area contributed by atoms with Gasteiger partial charge in [-0.25, -0.2) is 12.8 Å². The number of ether oxygens (including phenoxy) is 1. The number of aryl methyl sites for hydroxylation is 2. The van der Waals surface area contributed by atoms with Crippen LogP contribution in [-0.4, -0.2) is 55.1 Å². The SMILES string of the molecule is Cc1cc(-c2noc(CCC(=O)NCc3ccc(S(=O)(=O)N4CCOCC4)cc3)n2)ccc1F. The summed E-state index contributed by atoms with van der Waals surface area (Å²) in [6.45, 7) is 3.37. The van der Waals surface area contributed by atoms with Crippen LogP contribution < -0.4 is 5.32 Å². The minimum Gasteiger partial charge on any atom is -0.379 e. The molecular weight excluding hydrogens is 463 g/mol. The van der Waals surface area contributed by atoms with Gasteiger partial charge < -0.3 is 14.6 Å². The Morgan fingerprint density at radius 1 is 1.15 bits per heavy atom. The molecule has 11 heteroatoms. The van der Waals surface area contributed by atoms with Gasteiger partial charge in [0, 0.05) is 38.0 Å². The number of hydrogen-bond donors (Lipinski definition) is 1. The number of nitrogens with one attached hydrogen (secondary N) is 1. The average molecular weight is 489 g/mol. The molecule has 1 aliphatic heterocycles. The van der Waals surface area contributed by atoms with Crippen molar-refractivity contribution < 1.29 is 26.9 Å². The predicted molar refractivity (Wildman–Crippen MR) is 121 cm³/mol. The largest absolute Gasteiger partial charge is 0.379 e. The molecule has 0 aliphatic carbocycles. The van der Waals surface area contributed by atoms with E-state index in [1.807, 2.05) is 0 Å². The Morgan fingerprint density at radius 3 is 2.59 bits per heavy atom. The van der Waals surface area contributed by atoms with Crippen LogP contribution in [0.25, 0.3) is 11.4 Å². The molecule has 2 aromatic carbocycles. The summed E-state index contributed by atoms with van der Waals surface area (Å²) >= 11 is 0. The molecule has 0 unspecified atom stereocenters. The summed E-state index contributed by atoms with van der Waals surface area (Å²) in [6.07, 6.45) is 0.406. The molecule has 4 rings (SSSR count). The number of amides is 1. The summed E-state index contributed by atoms with van der Waals surface area (Å²) in [7, 11) is -3.55. The van der Waals surface area contributed by atoms with Crippen molar-refractivity contribution in [1.82, 2.24) is 19.8 Å². The molecule has 1 aromatic heterocycles. The van der Waals surface area contributed by atoms with Crippen molar-refractivity contribution in [2.45, 2.75) is 31.2 Å². The Morgan fingerprint density at radius 2 is 1.88 bits per heavy atom. The van der Waals surface area contributed by atoms with Crippen LogP contribution in [0.15, 0.2) is 51.9 Å². The Kier molecular flexibility index (Phi) is 7.35. The van der Waals surface area contributed by atoms with E-state index in [-0.39, 0.29) is 36.0 Å². The number of aromatic nitrogens is 2. The second-order valence-corrected chi connectivity index (χ2v) is 9.85. The first-order valence-electron chi connectivity index (χ1n) is 10.9. The number of rotatable bonds is 8. The molecule has 9 nitrogen and oxygen atoms in total. The standard InChI is InChI=1S/C23H25FN4O5S/c1-16-14-18(4-7-20(16)24)23-26-22(33-27-23)9-8-21(29)25-15-17-2-5-19(6-3-17)34(30,31)28-10-12-32-13-11-28/h2-7,14H,8-13,15H2,1H3,(H,25,29). The second kappa shape index (κ2) is 10.4. The van der Waals surface area contributed by atoms with E-state index in [1.54, 1.807) is 43.3 Å². The molecule has 0 spiro atoms. The molecule has 1 aliphatic rings. The molecule has 0 radical (unpaired) electrons. The van der Waals surface area contributed by atoms with Crippen molar-refractivity contribution >= 4 is 15.9 Å². The molecule has 0 saturated carbocycles. The molecular formula is C23H25FN4O5S. The lowest BCUT2D eigenvalue weighted by molar-refractivity contribution is -0.121. The smallest absolute Gasteiger partial charge is 0.243 e. The quantitative estimate of drug-likeness (QED) is 0.518. The van der Waals surface area contributed by atoms with E-state index in [0.29, 0.717) is 49.1 Å². The number of nitrogens with zero attached hydrogens (tertiary/aromatic N) is 3. The van der Waals surface area contributed by atoms with E-state index >= 15 is 0 Å². The minimum absolute atomic E-state index is 0.146. The fourth-order valence-electron chi connectivity index (χ4n) is 3.48. The summed E-state index contributed by atoms with van der Waals surface area (Å²) in [6, 6.07) is 11.0. The topological polar surface area (TPSA) is 115 Å².